The van der Waals surface area contributed by atoms with Crippen molar-refractivity contribution in [3.63, 3.8) is 0 Å². The number of aryl methyl sites for hydroxylation is 1. The second kappa shape index (κ2) is 4.71. The molecule has 2 rings (SSSR count). The molecule has 2 heterocycles. The molecule has 0 radical (unpaired) electrons. The van der Waals surface area contributed by atoms with E-state index in [1.807, 2.05) is 42.4 Å². The summed E-state index contributed by atoms with van der Waals surface area (Å²) in [5.41, 5.74) is 2.84. The van der Waals surface area contributed by atoms with Crippen molar-refractivity contribution in [2.45, 2.75) is 19.9 Å². The van der Waals surface area contributed by atoms with Gasteiger partial charge in [-0.1, -0.05) is 0 Å². The van der Waals surface area contributed by atoms with E-state index in [2.05, 4.69) is 10.4 Å². The van der Waals surface area contributed by atoms with E-state index < -0.39 is 0 Å². The summed E-state index contributed by atoms with van der Waals surface area (Å²) < 4.78 is 1.81. The molecule has 17 heavy (non-hydrogen) atoms. The van der Waals surface area contributed by atoms with Gasteiger partial charge < -0.3 is 5.32 Å². The molecule has 2 aromatic rings. The maximum Gasteiger partial charge on any atom is 0.252 e. The van der Waals surface area contributed by atoms with Crippen LogP contribution in [0.4, 0.5) is 0 Å². The van der Waals surface area contributed by atoms with Gasteiger partial charge in [-0.15, -0.1) is 0 Å². The second-order valence-corrected chi connectivity index (χ2v) is 4.80. The minimum Gasteiger partial charge on any atom is -0.345 e. The average Bonchev–Trinajstić information content (AvgIpc) is 2.90. The minimum absolute atomic E-state index is 0.0314. The standard InChI is InChI=1S/C12H15N3OS/c1-8(11-6-13-15(3)9(11)2)14-12(16)10-4-5-17-7-10/h4-8H,1-3H3,(H,14,16). The molecule has 5 heteroatoms. The van der Waals surface area contributed by atoms with E-state index in [1.54, 1.807) is 6.20 Å². The van der Waals surface area contributed by atoms with Crippen molar-refractivity contribution in [1.82, 2.24) is 15.1 Å². The van der Waals surface area contributed by atoms with Gasteiger partial charge in [0.05, 0.1) is 17.8 Å². The smallest absolute Gasteiger partial charge is 0.252 e. The minimum atomic E-state index is -0.0398. The number of amides is 1. The van der Waals surface area contributed by atoms with E-state index in [0.717, 1.165) is 11.3 Å². The molecule has 1 unspecified atom stereocenters. The van der Waals surface area contributed by atoms with Crippen LogP contribution in [0.3, 0.4) is 0 Å². The normalized spacial score (nSPS) is 12.4. The van der Waals surface area contributed by atoms with Crippen LogP contribution in [-0.4, -0.2) is 15.7 Å². The molecule has 0 spiro atoms. The highest BCUT2D eigenvalue weighted by atomic mass is 32.1. The molecular weight excluding hydrogens is 234 g/mol. The summed E-state index contributed by atoms with van der Waals surface area (Å²) in [6, 6.07) is 1.79. The quantitative estimate of drug-likeness (QED) is 0.907. The van der Waals surface area contributed by atoms with E-state index in [9.17, 15) is 4.79 Å². The third kappa shape index (κ3) is 2.39. The van der Waals surface area contributed by atoms with Crippen molar-refractivity contribution >= 4 is 17.2 Å². The summed E-state index contributed by atoms with van der Waals surface area (Å²) in [5.74, 6) is -0.0398. The maximum atomic E-state index is 11.9. The fraction of sp³-hybridized carbons (Fsp3) is 0.333. The molecular formula is C12H15N3OS. The lowest BCUT2D eigenvalue weighted by molar-refractivity contribution is 0.0940. The van der Waals surface area contributed by atoms with Crippen molar-refractivity contribution in [1.29, 1.82) is 0 Å². The molecule has 4 nitrogen and oxygen atoms in total. The number of hydrogen-bond donors (Lipinski definition) is 1. The molecule has 0 aliphatic heterocycles. The highest BCUT2D eigenvalue weighted by molar-refractivity contribution is 7.08. The lowest BCUT2D eigenvalue weighted by Gasteiger charge is -2.13. The number of aromatic nitrogens is 2. The Morgan fingerprint density at radius 3 is 2.88 bits per heavy atom. The van der Waals surface area contributed by atoms with Crippen LogP contribution in [0.1, 0.15) is 34.6 Å². The molecule has 0 saturated heterocycles. The predicted octanol–water partition coefficient (Wildman–Crippen LogP) is 2.28. The molecule has 0 aromatic carbocycles. The molecule has 1 N–H and O–H groups in total. The molecule has 1 amide bonds. The monoisotopic (exact) mass is 249 g/mol. The van der Waals surface area contributed by atoms with Gasteiger partial charge in [0.1, 0.15) is 0 Å². The zero-order chi connectivity index (χ0) is 12.4. The van der Waals surface area contributed by atoms with Crippen LogP contribution in [0.15, 0.2) is 23.0 Å². The summed E-state index contributed by atoms with van der Waals surface area (Å²) in [5, 5.41) is 10.9. The van der Waals surface area contributed by atoms with E-state index in [0.29, 0.717) is 5.56 Å². The van der Waals surface area contributed by atoms with Gasteiger partial charge in [-0.25, -0.2) is 0 Å². The van der Waals surface area contributed by atoms with Gasteiger partial charge in [0.25, 0.3) is 5.91 Å². The Labute approximate surface area is 104 Å². The van der Waals surface area contributed by atoms with Gasteiger partial charge in [0.2, 0.25) is 0 Å². The zero-order valence-corrected chi connectivity index (χ0v) is 10.9. The Morgan fingerprint density at radius 1 is 1.59 bits per heavy atom. The molecule has 0 aliphatic carbocycles. The Morgan fingerprint density at radius 2 is 2.35 bits per heavy atom. The van der Waals surface area contributed by atoms with Crippen LogP contribution >= 0.6 is 11.3 Å². The number of hydrogen-bond acceptors (Lipinski definition) is 3. The van der Waals surface area contributed by atoms with Crippen molar-refractivity contribution in [2.24, 2.45) is 7.05 Å². The van der Waals surface area contributed by atoms with E-state index >= 15 is 0 Å². The second-order valence-electron chi connectivity index (χ2n) is 4.02. The van der Waals surface area contributed by atoms with Crippen LogP contribution in [0, 0.1) is 6.92 Å². The molecule has 2 aromatic heterocycles. The highest BCUT2D eigenvalue weighted by Crippen LogP contribution is 2.17. The van der Waals surface area contributed by atoms with Crippen molar-refractivity contribution in [3.8, 4) is 0 Å². The number of rotatable bonds is 3. The first-order valence-corrected chi connectivity index (χ1v) is 6.35. The predicted molar refractivity (Wildman–Crippen MR) is 68.1 cm³/mol. The number of carbonyl (C=O) groups is 1. The van der Waals surface area contributed by atoms with Gasteiger partial charge in [-0.05, 0) is 25.3 Å². The van der Waals surface area contributed by atoms with Crippen molar-refractivity contribution in [2.75, 3.05) is 0 Å². The van der Waals surface area contributed by atoms with Crippen molar-refractivity contribution < 1.29 is 4.79 Å². The number of thiophene rings is 1. The zero-order valence-electron chi connectivity index (χ0n) is 10.1. The summed E-state index contributed by atoms with van der Waals surface area (Å²) >= 11 is 1.52. The Hall–Kier alpha value is -1.62. The first kappa shape index (κ1) is 11.9. The number of nitrogens with zero attached hydrogens (tertiary/aromatic N) is 2. The number of nitrogens with one attached hydrogen (secondary N) is 1. The average molecular weight is 249 g/mol. The maximum absolute atomic E-state index is 11.9. The molecule has 0 fully saturated rings. The summed E-state index contributed by atoms with van der Waals surface area (Å²) in [7, 11) is 1.90. The molecule has 90 valence electrons. The topological polar surface area (TPSA) is 46.9 Å². The van der Waals surface area contributed by atoms with Gasteiger partial charge in [0.15, 0.2) is 0 Å². The van der Waals surface area contributed by atoms with Gasteiger partial charge >= 0.3 is 0 Å². The molecule has 0 bridgehead atoms. The molecule has 0 saturated carbocycles. The molecule has 0 aliphatic rings. The fourth-order valence-corrected chi connectivity index (χ4v) is 2.33. The van der Waals surface area contributed by atoms with Crippen LogP contribution in [0.2, 0.25) is 0 Å². The summed E-state index contributed by atoms with van der Waals surface area (Å²) in [6.45, 7) is 3.96. The van der Waals surface area contributed by atoms with Crippen molar-refractivity contribution in [3.05, 3.63) is 39.8 Å². The van der Waals surface area contributed by atoms with Crippen LogP contribution in [0.5, 0.6) is 0 Å². The van der Waals surface area contributed by atoms with Gasteiger partial charge in [0, 0.05) is 23.7 Å². The SMILES string of the molecule is Cc1c(C(C)NC(=O)c2ccsc2)cnn1C. The van der Waals surface area contributed by atoms with E-state index in [-0.39, 0.29) is 11.9 Å². The van der Waals surface area contributed by atoms with E-state index in [1.165, 1.54) is 11.3 Å². The number of carbonyl (C=O) groups excluding carboxylic acids is 1. The van der Waals surface area contributed by atoms with Crippen LogP contribution in [0.25, 0.3) is 0 Å². The Balaban J connectivity index is 2.10. The third-order valence-electron chi connectivity index (χ3n) is 2.87. The first-order valence-electron chi connectivity index (χ1n) is 5.41. The highest BCUT2D eigenvalue weighted by Gasteiger charge is 2.15. The summed E-state index contributed by atoms with van der Waals surface area (Å²) in [4.78, 5) is 11.9. The third-order valence-corrected chi connectivity index (χ3v) is 3.55. The van der Waals surface area contributed by atoms with E-state index in [4.69, 9.17) is 0 Å². The Kier molecular flexibility index (Phi) is 3.28. The van der Waals surface area contributed by atoms with Gasteiger partial charge in [-0.3, -0.25) is 9.48 Å². The first-order chi connectivity index (χ1) is 8.09. The Bertz CT molecular complexity index is 516. The largest absolute Gasteiger partial charge is 0.345 e. The van der Waals surface area contributed by atoms with Gasteiger partial charge in [-0.2, -0.15) is 16.4 Å². The van der Waals surface area contributed by atoms with Crippen LogP contribution in [-0.2, 0) is 7.05 Å². The fourth-order valence-electron chi connectivity index (χ4n) is 1.69. The molecule has 1 atom stereocenters. The lowest BCUT2D eigenvalue weighted by Crippen LogP contribution is -2.26. The summed E-state index contributed by atoms with van der Waals surface area (Å²) in [6.07, 6.45) is 1.80. The van der Waals surface area contributed by atoms with Crippen LogP contribution < -0.4 is 5.32 Å². The lowest BCUT2D eigenvalue weighted by atomic mass is 10.1.